The normalized spacial score (nSPS) is 15.4. The smallest absolute Gasteiger partial charge is 0.338 e. The van der Waals surface area contributed by atoms with Crippen molar-refractivity contribution < 1.29 is 17.4 Å². The van der Waals surface area contributed by atoms with Gasteiger partial charge in [0, 0.05) is 12.2 Å². The number of thioether (sulfide) groups is 1. The summed E-state index contributed by atoms with van der Waals surface area (Å²) in [6, 6.07) is 13.3. The fraction of sp³-hybridized carbons (Fsp3) is 0.576. The van der Waals surface area contributed by atoms with Gasteiger partial charge >= 0.3 is 5.97 Å². The molecule has 0 aromatic heterocycles. The van der Waals surface area contributed by atoms with Crippen LogP contribution in [-0.2, 0) is 19.2 Å². The Balaban J connectivity index is 1.76. The zero-order valence-corrected chi connectivity index (χ0v) is 27.4. The minimum Gasteiger partial charge on any atom is -0.393 e. The molecule has 40 heavy (non-hydrogen) atoms. The van der Waals surface area contributed by atoms with Gasteiger partial charge in [0.2, 0.25) is 0 Å². The van der Waals surface area contributed by atoms with E-state index >= 15 is 0 Å². The third-order valence-electron chi connectivity index (χ3n) is 8.02. The van der Waals surface area contributed by atoms with Crippen molar-refractivity contribution in [2.45, 2.75) is 90.7 Å². The molecule has 0 radical (unpaired) electrons. The molecule has 1 fully saturated rings. The summed E-state index contributed by atoms with van der Waals surface area (Å²) < 4.78 is 11.3. The Morgan fingerprint density at radius 3 is 2.55 bits per heavy atom. The zero-order chi connectivity index (χ0) is 28.7. The molecule has 0 saturated heterocycles. The molecule has 0 spiro atoms. The quantitative estimate of drug-likeness (QED) is 0.180. The lowest BCUT2D eigenvalue weighted by Crippen LogP contribution is -2.41. The molecule has 5 nitrogen and oxygen atoms in total. The predicted molar refractivity (Wildman–Crippen MR) is 175 cm³/mol. The number of halogens is 1. The molecule has 1 saturated carbocycles. The third kappa shape index (κ3) is 10.4. The van der Waals surface area contributed by atoms with Crippen molar-refractivity contribution in [2.75, 3.05) is 18.6 Å². The molecule has 0 aliphatic heterocycles. The van der Waals surface area contributed by atoms with Crippen LogP contribution in [0.5, 0.6) is 0 Å². The maximum atomic E-state index is 13.5. The van der Waals surface area contributed by atoms with Crippen LogP contribution in [0.2, 0.25) is 0 Å². The van der Waals surface area contributed by atoms with Crippen LogP contribution in [0.4, 0.5) is 0 Å². The second-order valence-electron chi connectivity index (χ2n) is 11.2. The van der Waals surface area contributed by atoms with E-state index in [-0.39, 0.29) is 5.91 Å². The summed E-state index contributed by atoms with van der Waals surface area (Å²) in [5, 5.41) is 2.92. The van der Waals surface area contributed by atoms with Gasteiger partial charge in [-0.2, -0.15) is 11.8 Å². The molecule has 1 unspecified atom stereocenters. The first-order valence-corrected chi connectivity index (χ1v) is 17.1. The van der Waals surface area contributed by atoms with Crippen molar-refractivity contribution >= 4 is 46.6 Å². The van der Waals surface area contributed by atoms with Crippen molar-refractivity contribution in [3.8, 4) is 11.1 Å². The Bertz CT molecular complexity index is 1070. The van der Waals surface area contributed by atoms with E-state index in [1.54, 1.807) is 34.8 Å². The molecule has 1 aliphatic rings. The van der Waals surface area contributed by atoms with Crippen LogP contribution in [-0.4, -0.2) is 36.5 Å². The number of rotatable bonds is 16. The maximum Gasteiger partial charge on any atom is 0.338 e. The lowest BCUT2D eigenvalue weighted by atomic mass is 9.81. The minimum absolute atomic E-state index is 0.272. The first-order valence-electron chi connectivity index (χ1n) is 14.9. The van der Waals surface area contributed by atoms with Gasteiger partial charge in [-0.3, -0.25) is 4.79 Å². The van der Waals surface area contributed by atoms with E-state index in [1.165, 1.54) is 57.8 Å². The summed E-state index contributed by atoms with van der Waals surface area (Å²) in [5.41, 5.74) is 4.55. The van der Waals surface area contributed by atoms with Crippen molar-refractivity contribution in [3.05, 3.63) is 59.2 Å². The Kier molecular flexibility index (Phi) is 14.9. The number of carbonyl (C=O) groups is 2. The van der Waals surface area contributed by atoms with Crippen LogP contribution in [0, 0.1) is 18.8 Å². The third-order valence-corrected chi connectivity index (χ3v) is 9.10. The highest BCUT2D eigenvalue weighted by Crippen LogP contribution is 2.32. The molecule has 2 aromatic carbocycles. The Morgan fingerprint density at radius 1 is 1.07 bits per heavy atom. The molecule has 1 N–H and O–H groups in total. The molecule has 1 amide bonds. The Morgan fingerprint density at radius 2 is 1.85 bits per heavy atom. The molecule has 2 aromatic rings. The van der Waals surface area contributed by atoms with Gasteiger partial charge in [-0.25, -0.2) is 4.79 Å². The van der Waals surface area contributed by atoms with E-state index in [9.17, 15) is 9.59 Å². The molecule has 7 heteroatoms. The number of hydrogen-bond donors (Lipinski definition) is 1. The molecule has 0 bridgehead atoms. The van der Waals surface area contributed by atoms with Gasteiger partial charge in [-0.15, -0.1) is 0 Å². The molecular formula is C33H46INO4S. The number of unbranched alkanes of at least 4 members (excludes halogenated alkanes) is 1. The number of benzene rings is 2. The zero-order valence-electron chi connectivity index (χ0n) is 24.4. The topological polar surface area (TPSA) is 64.6 Å². The first-order chi connectivity index (χ1) is 19.5. The monoisotopic (exact) mass is 679 g/mol. The second-order valence-corrected chi connectivity index (χ2v) is 12.6. The average molecular weight is 680 g/mol. The highest BCUT2D eigenvalue weighted by molar-refractivity contribution is 14.1. The lowest BCUT2D eigenvalue weighted by molar-refractivity contribution is -0.133. The van der Waals surface area contributed by atoms with E-state index in [0.717, 1.165) is 40.5 Å². The van der Waals surface area contributed by atoms with Gasteiger partial charge < -0.3 is 13.1 Å². The summed E-state index contributed by atoms with van der Waals surface area (Å²) in [7, 11) is 0. The number of hydrogen-bond acceptors (Lipinski definition) is 5. The van der Waals surface area contributed by atoms with E-state index in [0.29, 0.717) is 24.5 Å². The molecule has 3 rings (SSSR count). The van der Waals surface area contributed by atoms with Crippen LogP contribution in [0.1, 0.15) is 92.6 Å². The SMILES string of the molecule is CCCC[C@@H](COCc1ccc(C(=O)NC(CCSC)C(=O)OI)c(-c2ccccc2C)c1)CC1CCCCC1. The Hall–Kier alpha value is -1.58. The highest BCUT2D eigenvalue weighted by Gasteiger charge is 2.24. The van der Waals surface area contributed by atoms with Crippen molar-refractivity contribution in [1.82, 2.24) is 5.32 Å². The summed E-state index contributed by atoms with van der Waals surface area (Å²) in [6.07, 6.45) is 14.4. The molecule has 220 valence electrons. The molecular weight excluding hydrogens is 633 g/mol. The van der Waals surface area contributed by atoms with Gasteiger partial charge in [-0.05, 0) is 84.4 Å². The lowest BCUT2D eigenvalue weighted by Gasteiger charge is -2.26. The number of carbonyl (C=O) groups excluding carboxylic acids is 2. The van der Waals surface area contributed by atoms with Crippen LogP contribution in [0.15, 0.2) is 42.5 Å². The predicted octanol–water partition coefficient (Wildman–Crippen LogP) is 8.70. The first kappa shape index (κ1) is 32.9. The molecule has 0 heterocycles. The van der Waals surface area contributed by atoms with Gasteiger partial charge in [0.05, 0.1) is 6.61 Å². The van der Waals surface area contributed by atoms with Crippen LogP contribution in [0.3, 0.4) is 0 Å². The maximum absolute atomic E-state index is 13.5. The number of ether oxygens (including phenoxy) is 1. The van der Waals surface area contributed by atoms with E-state index in [4.69, 9.17) is 7.80 Å². The largest absolute Gasteiger partial charge is 0.393 e. The molecule has 2 atom stereocenters. The van der Waals surface area contributed by atoms with E-state index in [1.807, 2.05) is 36.6 Å². The number of aryl methyl sites for hydroxylation is 1. The fourth-order valence-electron chi connectivity index (χ4n) is 5.75. The fourth-order valence-corrected chi connectivity index (χ4v) is 6.53. The number of nitrogens with one attached hydrogen (secondary N) is 1. The van der Waals surface area contributed by atoms with E-state index in [2.05, 4.69) is 31.3 Å². The van der Waals surface area contributed by atoms with Gasteiger partial charge in [-0.1, -0.05) is 82.2 Å². The molecule has 1 aliphatic carbocycles. The summed E-state index contributed by atoms with van der Waals surface area (Å²) >= 11 is 3.22. The van der Waals surface area contributed by atoms with Crippen molar-refractivity contribution in [3.63, 3.8) is 0 Å². The summed E-state index contributed by atoms with van der Waals surface area (Å²) in [5.74, 6) is 1.51. The van der Waals surface area contributed by atoms with Gasteiger partial charge in [0.25, 0.3) is 5.91 Å². The van der Waals surface area contributed by atoms with Gasteiger partial charge in [0.1, 0.15) is 6.04 Å². The average Bonchev–Trinajstić information content (AvgIpc) is 2.98. The number of amides is 1. The van der Waals surface area contributed by atoms with Crippen LogP contribution >= 0.6 is 34.8 Å². The summed E-state index contributed by atoms with van der Waals surface area (Å²) in [6.45, 7) is 5.62. The van der Waals surface area contributed by atoms with Crippen LogP contribution < -0.4 is 5.32 Å². The standard InChI is InChI=1S/C33H46INO4S/c1-4-5-12-26(20-25-13-7-6-8-14-25)22-38-23-27-16-17-29(30(21-27)28-15-10-9-11-24(28)2)32(36)35-31(18-19-40-3)33(37)39-34/h9-11,15-17,21,25-26,31H,4-8,12-14,18-20,22-23H2,1-3H3,(H,35,36)/t26-,31?/m1/s1. The van der Waals surface area contributed by atoms with Crippen molar-refractivity contribution in [1.29, 1.82) is 0 Å². The van der Waals surface area contributed by atoms with Crippen LogP contribution in [0.25, 0.3) is 11.1 Å². The van der Waals surface area contributed by atoms with E-state index < -0.39 is 12.0 Å². The summed E-state index contributed by atoms with van der Waals surface area (Å²) in [4.78, 5) is 25.8. The minimum atomic E-state index is -0.686. The van der Waals surface area contributed by atoms with Gasteiger partial charge in [0.15, 0.2) is 23.0 Å². The Labute approximate surface area is 259 Å². The van der Waals surface area contributed by atoms with Crippen molar-refractivity contribution in [2.24, 2.45) is 11.8 Å². The second kappa shape index (κ2) is 18.1. The highest BCUT2D eigenvalue weighted by atomic mass is 127.